The number of aromatic nitrogens is 2. The van der Waals surface area contributed by atoms with E-state index >= 15 is 0 Å². The van der Waals surface area contributed by atoms with Crippen molar-refractivity contribution in [2.45, 2.75) is 51.6 Å². The van der Waals surface area contributed by atoms with Crippen molar-refractivity contribution in [1.29, 1.82) is 0 Å². The lowest BCUT2D eigenvalue weighted by Crippen LogP contribution is -2.40. The standard InChI is InChI=1S/C22H31N5O2/c1-5-29-19-8-6-7-16(14-19)21(28)25-18-11-9-17(10-12-18)24-20-13-15(2)23-22(26-20)27(3)4/h6-8,13-14,17-18H,5,9-12H2,1-4H3,(H,25,28)(H,23,24,26). The SMILES string of the molecule is CCOc1cccc(C(=O)NC2CCC(Nc3cc(C)nc(N(C)C)n3)CC2)c1. The average molecular weight is 398 g/mol. The Morgan fingerprint density at radius 1 is 1.14 bits per heavy atom. The molecule has 1 saturated carbocycles. The molecule has 2 N–H and O–H groups in total. The number of rotatable bonds is 7. The van der Waals surface area contributed by atoms with Crippen LogP contribution >= 0.6 is 0 Å². The van der Waals surface area contributed by atoms with Crippen LogP contribution in [0.3, 0.4) is 0 Å². The van der Waals surface area contributed by atoms with Crippen LogP contribution in [0.1, 0.15) is 48.7 Å². The summed E-state index contributed by atoms with van der Waals surface area (Å²) in [6.45, 7) is 4.50. The Bertz CT molecular complexity index is 832. The van der Waals surface area contributed by atoms with Gasteiger partial charge >= 0.3 is 0 Å². The molecule has 29 heavy (non-hydrogen) atoms. The molecule has 0 bridgehead atoms. The third kappa shape index (κ3) is 5.82. The minimum Gasteiger partial charge on any atom is -0.494 e. The maximum Gasteiger partial charge on any atom is 0.251 e. The highest BCUT2D eigenvalue weighted by Crippen LogP contribution is 2.23. The third-order valence-corrected chi connectivity index (χ3v) is 5.06. The molecule has 0 aliphatic heterocycles. The predicted octanol–water partition coefficient (Wildman–Crippen LogP) is 3.40. The summed E-state index contributed by atoms with van der Waals surface area (Å²) >= 11 is 0. The molecule has 156 valence electrons. The van der Waals surface area contributed by atoms with E-state index in [0.29, 0.717) is 24.2 Å². The first-order valence-corrected chi connectivity index (χ1v) is 10.3. The molecule has 7 nitrogen and oxygen atoms in total. The van der Waals surface area contributed by atoms with Gasteiger partial charge in [0.15, 0.2) is 0 Å². The summed E-state index contributed by atoms with van der Waals surface area (Å²) in [6.07, 6.45) is 3.87. The molecule has 3 rings (SSSR count). The molecule has 1 heterocycles. The Labute approximate surface area is 172 Å². The summed E-state index contributed by atoms with van der Waals surface area (Å²) < 4.78 is 5.49. The van der Waals surface area contributed by atoms with Crippen molar-refractivity contribution < 1.29 is 9.53 Å². The number of ether oxygens (including phenoxy) is 1. The van der Waals surface area contributed by atoms with Gasteiger partial charge in [-0.1, -0.05) is 6.07 Å². The maximum absolute atomic E-state index is 12.6. The molecular formula is C22H31N5O2. The summed E-state index contributed by atoms with van der Waals surface area (Å²) in [5.74, 6) is 2.26. The maximum atomic E-state index is 12.6. The second kappa shape index (κ2) is 9.58. The van der Waals surface area contributed by atoms with Crippen LogP contribution in [0.4, 0.5) is 11.8 Å². The van der Waals surface area contributed by atoms with Crippen molar-refractivity contribution >= 4 is 17.7 Å². The number of aryl methyl sites for hydroxylation is 1. The van der Waals surface area contributed by atoms with Gasteiger partial charge in [-0.25, -0.2) is 4.98 Å². The van der Waals surface area contributed by atoms with Gasteiger partial charge in [0, 0.05) is 43.5 Å². The van der Waals surface area contributed by atoms with E-state index in [-0.39, 0.29) is 11.9 Å². The van der Waals surface area contributed by atoms with Gasteiger partial charge < -0.3 is 20.3 Å². The van der Waals surface area contributed by atoms with Crippen LogP contribution in [0, 0.1) is 6.92 Å². The molecule has 2 aromatic rings. The van der Waals surface area contributed by atoms with E-state index < -0.39 is 0 Å². The van der Waals surface area contributed by atoms with E-state index in [2.05, 4.69) is 20.6 Å². The quantitative estimate of drug-likeness (QED) is 0.745. The summed E-state index contributed by atoms with van der Waals surface area (Å²) in [6, 6.07) is 9.87. The highest BCUT2D eigenvalue weighted by atomic mass is 16.5. The monoisotopic (exact) mass is 397 g/mol. The van der Waals surface area contributed by atoms with Crippen LogP contribution in [-0.2, 0) is 0 Å². The molecule has 0 unspecified atom stereocenters. The van der Waals surface area contributed by atoms with Crippen molar-refractivity contribution in [3.63, 3.8) is 0 Å². The molecule has 0 saturated heterocycles. The van der Waals surface area contributed by atoms with Gasteiger partial charge in [0.2, 0.25) is 5.95 Å². The zero-order chi connectivity index (χ0) is 20.8. The normalized spacial score (nSPS) is 18.8. The number of nitrogens with one attached hydrogen (secondary N) is 2. The molecule has 1 amide bonds. The van der Waals surface area contributed by atoms with Gasteiger partial charge in [-0.05, 0) is 57.7 Å². The van der Waals surface area contributed by atoms with E-state index in [4.69, 9.17) is 4.74 Å². The fourth-order valence-corrected chi connectivity index (χ4v) is 3.58. The number of carbonyl (C=O) groups is 1. The summed E-state index contributed by atoms with van der Waals surface area (Å²) in [5.41, 5.74) is 1.59. The molecular weight excluding hydrogens is 366 g/mol. The number of hydrogen-bond donors (Lipinski definition) is 2. The molecule has 1 aromatic heterocycles. The molecule has 0 spiro atoms. The second-order valence-corrected chi connectivity index (χ2v) is 7.72. The topological polar surface area (TPSA) is 79.4 Å². The van der Waals surface area contributed by atoms with Crippen molar-refractivity contribution in [2.75, 3.05) is 30.9 Å². The van der Waals surface area contributed by atoms with Crippen LogP contribution in [0.15, 0.2) is 30.3 Å². The Morgan fingerprint density at radius 3 is 2.55 bits per heavy atom. The van der Waals surface area contributed by atoms with Crippen LogP contribution in [0.5, 0.6) is 5.75 Å². The van der Waals surface area contributed by atoms with Crippen molar-refractivity contribution in [3.8, 4) is 5.75 Å². The molecule has 1 aromatic carbocycles. The van der Waals surface area contributed by atoms with Crippen LogP contribution in [0.2, 0.25) is 0 Å². The van der Waals surface area contributed by atoms with Crippen molar-refractivity contribution in [2.24, 2.45) is 0 Å². The highest BCUT2D eigenvalue weighted by Gasteiger charge is 2.23. The lowest BCUT2D eigenvalue weighted by molar-refractivity contribution is 0.0926. The smallest absolute Gasteiger partial charge is 0.251 e. The molecule has 1 aliphatic rings. The first-order valence-electron chi connectivity index (χ1n) is 10.3. The van der Waals surface area contributed by atoms with E-state index in [1.54, 1.807) is 6.07 Å². The molecule has 0 atom stereocenters. The Kier molecular flexibility index (Phi) is 6.90. The minimum atomic E-state index is -0.0370. The summed E-state index contributed by atoms with van der Waals surface area (Å²) in [7, 11) is 3.88. The van der Waals surface area contributed by atoms with E-state index in [0.717, 1.165) is 42.9 Å². The zero-order valence-electron chi connectivity index (χ0n) is 17.7. The van der Waals surface area contributed by atoms with Gasteiger partial charge in [0.05, 0.1) is 6.61 Å². The summed E-state index contributed by atoms with van der Waals surface area (Å²) in [5, 5.41) is 6.70. The van der Waals surface area contributed by atoms with Crippen molar-refractivity contribution in [1.82, 2.24) is 15.3 Å². The third-order valence-electron chi connectivity index (χ3n) is 5.06. The number of anilines is 2. The van der Waals surface area contributed by atoms with E-state index in [9.17, 15) is 4.79 Å². The van der Waals surface area contributed by atoms with Crippen molar-refractivity contribution in [3.05, 3.63) is 41.6 Å². The van der Waals surface area contributed by atoms with E-state index in [1.165, 1.54) is 0 Å². The van der Waals surface area contributed by atoms with Gasteiger partial charge in [0.25, 0.3) is 5.91 Å². The molecule has 1 aliphatic carbocycles. The zero-order valence-corrected chi connectivity index (χ0v) is 17.7. The first-order chi connectivity index (χ1) is 13.9. The molecule has 7 heteroatoms. The van der Waals surface area contributed by atoms with Crippen LogP contribution in [-0.4, -0.2) is 48.7 Å². The van der Waals surface area contributed by atoms with Gasteiger partial charge in [-0.3, -0.25) is 4.79 Å². The number of benzene rings is 1. The fraction of sp³-hybridized carbons (Fsp3) is 0.500. The summed E-state index contributed by atoms with van der Waals surface area (Å²) in [4.78, 5) is 23.5. The number of amides is 1. The minimum absolute atomic E-state index is 0.0370. The second-order valence-electron chi connectivity index (χ2n) is 7.72. The number of carbonyl (C=O) groups excluding carboxylic acids is 1. The Morgan fingerprint density at radius 2 is 1.86 bits per heavy atom. The predicted molar refractivity (Wildman–Crippen MR) is 116 cm³/mol. The lowest BCUT2D eigenvalue weighted by Gasteiger charge is -2.30. The fourth-order valence-electron chi connectivity index (χ4n) is 3.58. The van der Waals surface area contributed by atoms with Gasteiger partial charge in [0.1, 0.15) is 11.6 Å². The van der Waals surface area contributed by atoms with E-state index in [1.807, 2.05) is 57.1 Å². The van der Waals surface area contributed by atoms with Gasteiger partial charge in [-0.2, -0.15) is 4.98 Å². The number of nitrogens with zero attached hydrogens (tertiary/aromatic N) is 3. The molecule has 0 radical (unpaired) electrons. The Balaban J connectivity index is 1.52. The Hall–Kier alpha value is -2.83. The lowest BCUT2D eigenvalue weighted by atomic mass is 9.91. The number of hydrogen-bond acceptors (Lipinski definition) is 6. The molecule has 1 fully saturated rings. The first kappa shape index (κ1) is 20.9. The largest absolute Gasteiger partial charge is 0.494 e. The van der Waals surface area contributed by atoms with Crippen LogP contribution < -0.4 is 20.3 Å². The highest BCUT2D eigenvalue weighted by molar-refractivity contribution is 5.94. The van der Waals surface area contributed by atoms with Crippen LogP contribution in [0.25, 0.3) is 0 Å². The average Bonchev–Trinajstić information content (AvgIpc) is 2.69. The van der Waals surface area contributed by atoms with Gasteiger partial charge in [-0.15, -0.1) is 0 Å².